The molecule has 114 valence electrons. The summed E-state index contributed by atoms with van der Waals surface area (Å²) >= 11 is 0. The first-order chi connectivity index (χ1) is 5.29. The number of rotatable bonds is 2. The predicted octanol–water partition coefficient (Wildman–Crippen LogP) is -5.60. The minimum Gasteiger partial charge on any atom is -0.479 e. The van der Waals surface area contributed by atoms with E-state index in [0.29, 0.717) is 0 Å². The van der Waals surface area contributed by atoms with Crippen LogP contribution in [0, 0.1) is 0 Å². The second-order valence-corrected chi connectivity index (χ2v) is 2.03. The molecule has 0 aromatic carbocycles. The first-order valence-corrected chi connectivity index (χ1v) is 3.10. The summed E-state index contributed by atoms with van der Waals surface area (Å²) < 4.78 is 0. The smallest absolute Gasteiger partial charge is 0.332 e. The number of hydrogen-bond acceptors (Lipinski definition) is 4. The molecule has 18 heavy (non-hydrogen) atoms. The SMILES string of the molecule is C[C@H](O)C(=O)O.C[C@H](O)C(=O)O.O.O.O.O.O.[Ca]. The van der Waals surface area contributed by atoms with Gasteiger partial charge in [0.05, 0.1) is 0 Å². The summed E-state index contributed by atoms with van der Waals surface area (Å²) in [7, 11) is 0. The van der Waals surface area contributed by atoms with Gasteiger partial charge in [-0.15, -0.1) is 0 Å². The van der Waals surface area contributed by atoms with Crippen molar-refractivity contribution in [3.8, 4) is 0 Å². The third kappa shape index (κ3) is 56.5. The van der Waals surface area contributed by atoms with Crippen LogP contribution in [0.2, 0.25) is 0 Å². The van der Waals surface area contributed by atoms with Gasteiger partial charge in [0.1, 0.15) is 12.2 Å². The van der Waals surface area contributed by atoms with Gasteiger partial charge in [0, 0.05) is 37.7 Å². The summed E-state index contributed by atoms with van der Waals surface area (Å²) in [5, 5.41) is 31.5. The summed E-state index contributed by atoms with van der Waals surface area (Å²) in [6, 6.07) is 0. The molecule has 0 spiro atoms. The van der Waals surface area contributed by atoms with Crippen LogP contribution in [0.1, 0.15) is 13.8 Å². The molecule has 0 unspecified atom stereocenters. The van der Waals surface area contributed by atoms with Gasteiger partial charge in [0.15, 0.2) is 0 Å². The number of aliphatic carboxylic acids is 2. The van der Waals surface area contributed by atoms with E-state index < -0.39 is 24.1 Å². The van der Waals surface area contributed by atoms with E-state index in [1.165, 1.54) is 13.8 Å². The first-order valence-electron chi connectivity index (χ1n) is 3.10. The van der Waals surface area contributed by atoms with Crippen molar-refractivity contribution >= 4 is 49.7 Å². The van der Waals surface area contributed by atoms with Gasteiger partial charge in [-0.3, -0.25) is 0 Å². The van der Waals surface area contributed by atoms with Crippen molar-refractivity contribution in [1.82, 2.24) is 0 Å². The molecule has 0 aliphatic rings. The molecule has 0 fully saturated rings. The van der Waals surface area contributed by atoms with Gasteiger partial charge in [0.2, 0.25) is 0 Å². The van der Waals surface area contributed by atoms with Crippen molar-refractivity contribution in [3.05, 3.63) is 0 Å². The Morgan fingerprint density at radius 1 is 0.722 bits per heavy atom. The second-order valence-electron chi connectivity index (χ2n) is 2.03. The van der Waals surface area contributed by atoms with E-state index in [0.717, 1.165) is 0 Å². The molecule has 2 radical (unpaired) electrons. The maximum absolute atomic E-state index is 9.45. The number of carboxylic acids is 2. The summed E-state index contributed by atoms with van der Waals surface area (Å²) in [5.74, 6) is -2.37. The zero-order valence-electron chi connectivity index (χ0n) is 9.97. The van der Waals surface area contributed by atoms with Crippen molar-refractivity contribution in [2.45, 2.75) is 26.1 Å². The topological polar surface area (TPSA) is 273 Å². The van der Waals surface area contributed by atoms with Crippen LogP contribution >= 0.6 is 0 Å². The van der Waals surface area contributed by atoms with Crippen molar-refractivity contribution in [2.24, 2.45) is 0 Å². The molecular formula is C6H22CaO11. The Labute approximate surface area is 133 Å². The van der Waals surface area contributed by atoms with Crippen LogP contribution < -0.4 is 0 Å². The Kier molecular flexibility index (Phi) is 87.4. The fourth-order valence-corrected chi connectivity index (χ4v) is 0. The molecule has 12 heteroatoms. The first kappa shape index (κ1) is 52.1. The molecule has 0 saturated heterocycles. The van der Waals surface area contributed by atoms with E-state index in [2.05, 4.69) is 0 Å². The molecule has 0 rings (SSSR count). The normalized spacial score (nSPS) is 9.11. The van der Waals surface area contributed by atoms with Gasteiger partial charge in [0.25, 0.3) is 0 Å². The van der Waals surface area contributed by atoms with Crippen LogP contribution in [-0.4, -0.2) is 110 Å². The Balaban J connectivity index is -0.0000000139. The van der Waals surface area contributed by atoms with E-state index in [9.17, 15) is 9.59 Å². The quantitative estimate of drug-likeness (QED) is 0.360. The third-order valence-electron chi connectivity index (χ3n) is 0.715. The number of hydrogen-bond donors (Lipinski definition) is 4. The minimum atomic E-state index is -1.23. The summed E-state index contributed by atoms with van der Waals surface area (Å²) in [4.78, 5) is 18.9. The fraction of sp³-hybridized carbons (Fsp3) is 0.667. The zero-order chi connectivity index (χ0) is 10.3. The van der Waals surface area contributed by atoms with Crippen LogP contribution in [0.4, 0.5) is 0 Å². The van der Waals surface area contributed by atoms with Crippen molar-refractivity contribution in [3.63, 3.8) is 0 Å². The average Bonchev–Trinajstić information content (AvgIpc) is 1.88. The van der Waals surface area contributed by atoms with E-state index in [1.54, 1.807) is 0 Å². The summed E-state index contributed by atoms with van der Waals surface area (Å²) in [6.07, 6.45) is -2.46. The maximum Gasteiger partial charge on any atom is 0.332 e. The van der Waals surface area contributed by atoms with E-state index in [-0.39, 0.29) is 65.1 Å². The molecule has 11 nitrogen and oxygen atoms in total. The van der Waals surface area contributed by atoms with Gasteiger partial charge in [-0.25, -0.2) is 9.59 Å². The minimum absolute atomic E-state index is 0. The van der Waals surface area contributed by atoms with E-state index in [4.69, 9.17) is 20.4 Å². The molecule has 0 saturated carbocycles. The third-order valence-corrected chi connectivity index (χ3v) is 0.715. The molecule has 0 aliphatic heterocycles. The van der Waals surface area contributed by atoms with Crippen LogP contribution in [0.15, 0.2) is 0 Å². The predicted molar refractivity (Wildman–Crippen MR) is 62.5 cm³/mol. The molecular weight excluding hydrogens is 288 g/mol. The van der Waals surface area contributed by atoms with Crippen LogP contribution in [0.5, 0.6) is 0 Å². The van der Waals surface area contributed by atoms with Gasteiger partial charge < -0.3 is 47.8 Å². The number of aliphatic hydroxyl groups excluding tert-OH is 2. The van der Waals surface area contributed by atoms with E-state index >= 15 is 0 Å². The fourth-order valence-electron chi connectivity index (χ4n) is 0. The van der Waals surface area contributed by atoms with Gasteiger partial charge in [-0.1, -0.05) is 0 Å². The largest absolute Gasteiger partial charge is 0.479 e. The number of carbonyl (C=O) groups is 2. The Hall–Kier alpha value is -0.0803. The van der Waals surface area contributed by atoms with Crippen LogP contribution in [0.3, 0.4) is 0 Å². The molecule has 0 aromatic heterocycles. The van der Waals surface area contributed by atoms with Crippen LogP contribution in [0.25, 0.3) is 0 Å². The number of aliphatic hydroxyl groups is 2. The number of carboxylic acid groups (broad SMARTS) is 2. The zero-order valence-corrected chi connectivity index (χ0v) is 12.2. The molecule has 14 N–H and O–H groups in total. The Morgan fingerprint density at radius 3 is 0.778 bits per heavy atom. The van der Waals surface area contributed by atoms with Gasteiger partial charge in [-0.2, -0.15) is 0 Å². The standard InChI is InChI=1S/2C3H6O3.Ca.5H2O/c2*1-2(4)3(5)6;;;;;;/h2*2,4H,1H3,(H,5,6);;5*1H2/t2*2-;;;;;;/m00....../s1. The summed E-state index contributed by atoms with van der Waals surface area (Å²) in [5.41, 5.74) is 0. The van der Waals surface area contributed by atoms with Crippen molar-refractivity contribution in [1.29, 1.82) is 0 Å². The molecule has 0 aliphatic carbocycles. The van der Waals surface area contributed by atoms with Gasteiger partial charge >= 0.3 is 11.9 Å². The van der Waals surface area contributed by atoms with Crippen LogP contribution in [-0.2, 0) is 9.59 Å². The molecule has 2 atom stereocenters. The average molecular weight is 310 g/mol. The Bertz CT molecular complexity index is 142. The molecule has 0 bridgehead atoms. The van der Waals surface area contributed by atoms with E-state index in [1.807, 2.05) is 0 Å². The summed E-state index contributed by atoms with van der Waals surface area (Å²) in [6.45, 7) is 2.39. The monoisotopic (exact) mass is 310 g/mol. The molecule has 0 heterocycles. The second kappa shape index (κ2) is 30.2. The molecule has 0 amide bonds. The van der Waals surface area contributed by atoms with Crippen molar-refractivity contribution < 1.29 is 57.4 Å². The van der Waals surface area contributed by atoms with Gasteiger partial charge in [-0.05, 0) is 13.8 Å². The van der Waals surface area contributed by atoms with Crippen molar-refractivity contribution in [2.75, 3.05) is 0 Å². The Morgan fingerprint density at radius 2 is 0.778 bits per heavy atom. The maximum atomic E-state index is 9.45. The molecule has 0 aromatic rings.